The fourth-order valence-corrected chi connectivity index (χ4v) is 5.70. The first-order valence-corrected chi connectivity index (χ1v) is 11.6. The van der Waals surface area contributed by atoms with Gasteiger partial charge in [0.2, 0.25) is 0 Å². The first-order valence-electron chi connectivity index (χ1n) is 11.6. The molecule has 2 aliphatic carbocycles. The number of H-pyrrole nitrogens is 1. The van der Waals surface area contributed by atoms with Crippen molar-refractivity contribution < 1.29 is 31.9 Å². The van der Waals surface area contributed by atoms with E-state index in [1.165, 1.54) is 19.2 Å². The summed E-state index contributed by atoms with van der Waals surface area (Å²) < 4.78 is 56.2. The number of carbonyl (C=O) groups excluding carboxylic acids is 3. The fourth-order valence-electron chi connectivity index (χ4n) is 5.70. The molecule has 9 nitrogen and oxygen atoms in total. The summed E-state index contributed by atoms with van der Waals surface area (Å²) in [6.45, 7) is 1.96. The summed E-state index contributed by atoms with van der Waals surface area (Å²) >= 11 is 0. The smallest absolute Gasteiger partial charge is 0.294 e. The Labute approximate surface area is 206 Å². The van der Waals surface area contributed by atoms with Gasteiger partial charge in [0, 0.05) is 42.8 Å². The molecule has 2 aromatic heterocycles. The quantitative estimate of drug-likeness (QED) is 0.264. The summed E-state index contributed by atoms with van der Waals surface area (Å²) in [5, 5.41) is 14.6. The average molecular weight is 516 g/mol. The van der Waals surface area contributed by atoms with Crippen LogP contribution in [0.25, 0.3) is 0 Å². The number of amides is 2. The van der Waals surface area contributed by atoms with Gasteiger partial charge in [-0.05, 0) is 37.0 Å². The van der Waals surface area contributed by atoms with Gasteiger partial charge in [0.15, 0.2) is 11.6 Å². The van der Waals surface area contributed by atoms with E-state index in [9.17, 15) is 31.9 Å². The molecule has 2 atom stereocenters. The number of hydrogen-bond acceptors (Lipinski definition) is 5. The lowest BCUT2D eigenvalue weighted by Gasteiger charge is -2.46. The van der Waals surface area contributed by atoms with Crippen LogP contribution in [0.1, 0.15) is 63.0 Å². The van der Waals surface area contributed by atoms with E-state index in [4.69, 9.17) is 0 Å². The van der Waals surface area contributed by atoms with Gasteiger partial charge < -0.3 is 15.2 Å². The van der Waals surface area contributed by atoms with E-state index in [2.05, 4.69) is 26.0 Å². The maximum Gasteiger partial charge on any atom is 0.294 e. The van der Waals surface area contributed by atoms with E-state index >= 15 is 0 Å². The molecule has 2 amide bonds. The SMILES string of the molecule is Cc1c(C(=O)Nc2ccc(F)c(F)c2)c2n(c1C(=O)C(=O)NC1(c3cnn[nH]3)CC(F)(F)C1)C[C@H]1C[C@@H]21. The van der Waals surface area contributed by atoms with Crippen LogP contribution in [-0.2, 0) is 16.9 Å². The largest absolute Gasteiger partial charge is 0.340 e. The van der Waals surface area contributed by atoms with Crippen molar-refractivity contribution >= 4 is 23.3 Å². The lowest BCUT2D eigenvalue weighted by atomic mass is 9.71. The summed E-state index contributed by atoms with van der Waals surface area (Å²) in [4.78, 5) is 39.7. The Kier molecular flexibility index (Phi) is 4.89. The zero-order valence-electron chi connectivity index (χ0n) is 19.4. The molecular weight excluding hydrogens is 496 g/mol. The van der Waals surface area contributed by atoms with Crippen molar-refractivity contribution in [2.24, 2.45) is 5.92 Å². The molecule has 6 rings (SSSR count). The number of aromatic amines is 1. The monoisotopic (exact) mass is 516 g/mol. The molecule has 0 spiro atoms. The van der Waals surface area contributed by atoms with E-state index in [1.54, 1.807) is 4.57 Å². The molecule has 3 N–H and O–H groups in total. The number of rotatable bonds is 6. The van der Waals surface area contributed by atoms with Crippen molar-refractivity contribution in [3.8, 4) is 0 Å². The van der Waals surface area contributed by atoms with E-state index in [0.717, 1.165) is 18.6 Å². The predicted molar refractivity (Wildman–Crippen MR) is 119 cm³/mol. The number of ketones is 1. The number of nitrogens with one attached hydrogen (secondary N) is 3. The molecular formula is C24H20F4N6O3. The zero-order valence-corrected chi connectivity index (χ0v) is 19.4. The molecule has 2 fully saturated rings. The number of benzene rings is 1. The maximum atomic E-state index is 13.8. The number of fused-ring (bicyclic) bond motifs is 3. The third-order valence-corrected chi connectivity index (χ3v) is 7.47. The van der Waals surface area contributed by atoms with Crippen LogP contribution in [-0.4, -0.2) is 43.5 Å². The van der Waals surface area contributed by atoms with Gasteiger partial charge in [-0.15, -0.1) is 5.10 Å². The molecule has 3 heterocycles. The lowest BCUT2D eigenvalue weighted by Crippen LogP contribution is -2.61. The molecule has 37 heavy (non-hydrogen) atoms. The number of halogens is 4. The number of hydrogen-bond donors (Lipinski definition) is 3. The van der Waals surface area contributed by atoms with Crippen LogP contribution in [0.2, 0.25) is 0 Å². The van der Waals surface area contributed by atoms with Crippen molar-refractivity contribution in [1.82, 2.24) is 25.3 Å². The van der Waals surface area contributed by atoms with Gasteiger partial charge in [0.25, 0.3) is 23.5 Å². The van der Waals surface area contributed by atoms with Crippen LogP contribution < -0.4 is 10.6 Å². The van der Waals surface area contributed by atoms with Gasteiger partial charge in [-0.25, -0.2) is 17.6 Å². The second kappa shape index (κ2) is 7.73. The molecule has 2 saturated carbocycles. The van der Waals surface area contributed by atoms with Gasteiger partial charge in [0.1, 0.15) is 0 Å². The van der Waals surface area contributed by atoms with Crippen molar-refractivity contribution in [1.29, 1.82) is 0 Å². The predicted octanol–water partition coefficient (Wildman–Crippen LogP) is 3.19. The summed E-state index contributed by atoms with van der Waals surface area (Å²) in [6, 6.07) is 2.93. The Morgan fingerprint density at radius 1 is 1.16 bits per heavy atom. The zero-order chi connectivity index (χ0) is 26.3. The first kappa shape index (κ1) is 23.4. The molecule has 0 radical (unpaired) electrons. The maximum absolute atomic E-state index is 13.8. The minimum absolute atomic E-state index is 0.000828. The molecule has 0 bridgehead atoms. The van der Waals surface area contributed by atoms with E-state index < -0.39 is 53.5 Å². The van der Waals surface area contributed by atoms with Crippen molar-refractivity contribution in [3.05, 3.63) is 64.2 Å². The van der Waals surface area contributed by atoms with Gasteiger partial charge in [0.05, 0.1) is 28.7 Å². The summed E-state index contributed by atoms with van der Waals surface area (Å²) in [5.41, 5.74) is -0.307. The van der Waals surface area contributed by atoms with Gasteiger partial charge in [-0.3, -0.25) is 19.5 Å². The van der Waals surface area contributed by atoms with E-state index in [1.807, 2.05) is 0 Å². The Morgan fingerprint density at radius 2 is 1.92 bits per heavy atom. The summed E-state index contributed by atoms with van der Waals surface area (Å²) in [7, 11) is 0. The highest BCUT2D eigenvalue weighted by Gasteiger charge is 2.60. The van der Waals surface area contributed by atoms with Crippen LogP contribution >= 0.6 is 0 Å². The molecule has 3 aliphatic rings. The second-order valence-corrected chi connectivity index (χ2v) is 9.97. The molecule has 0 saturated heterocycles. The highest BCUT2D eigenvalue weighted by atomic mass is 19.3. The minimum Gasteiger partial charge on any atom is -0.340 e. The molecule has 1 aliphatic heterocycles. The first-order chi connectivity index (χ1) is 17.5. The summed E-state index contributed by atoms with van der Waals surface area (Å²) in [6.07, 6.45) is 0.592. The summed E-state index contributed by atoms with van der Waals surface area (Å²) in [5.74, 6) is -7.66. The third-order valence-electron chi connectivity index (χ3n) is 7.47. The van der Waals surface area contributed by atoms with Crippen molar-refractivity contribution in [2.45, 2.75) is 50.1 Å². The van der Waals surface area contributed by atoms with E-state index in [-0.39, 0.29) is 40.0 Å². The highest BCUT2D eigenvalue weighted by Crippen LogP contribution is 2.56. The van der Waals surface area contributed by atoms with Gasteiger partial charge >= 0.3 is 0 Å². The molecule has 3 aromatic rings. The van der Waals surface area contributed by atoms with Gasteiger partial charge in [-0.1, -0.05) is 5.21 Å². The number of Topliss-reactive ketones (excluding diaryl/α,β-unsaturated/α-hetero) is 1. The second-order valence-electron chi connectivity index (χ2n) is 9.97. The standard InChI is InChI=1S/C24H20F4N6O3/c1-10-17(21(36)30-12-2-3-14(25)15(26)5-12)19-13-4-11(13)7-34(19)18(10)20(35)22(37)31-23(8-24(27,28)9-23)16-6-29-33-32-16/h2-3,5-6,11,13H,4,7-9H2,1H3,(H,30,36)(H,31,37)(H,29,32,33)/t11-,13-/m1/s1. The number of carbonyl (C=O) groups is 3. The minimum atomic E-state index is -3.03. The molecule has 1 aromatic carbocycles. The number of nitrogens with zero attached hydrogens (tertiary/aromatic N) is 3. The van der Waals surface area contributed by atoms with Crippen LogP contribution in [0.15, 0.2) is 24.4 Å². The Morgan fingerprint density at radius 3 is 2.57 bits per heavy atom. The molecule has 0 unspecified atom stereocenters. The van der Waals surface area contributed by atoms with Crippen LogP contribution in [0.3, 0.4) is 0 Å². The van der Waals surface area contributed by atoms with Crippen LogP contribution in [0.5, 0.6) is 0 Å². The van der Waals surface area contributed by atoms with Gasteiger partial charge in [-0.2, -0.15) is 0 Å². The van der Waals surface area contributed by atoms with Crippen molar-refractivity contribution in [3.63, 3.8) is 0 Å². The third kappa shape index (κ3) is 3.63. The highest BCUT2D eigenvalue weighted by molar-refractivity contribution is 6.43. The Bertz CT molecular complexity index is 1470. The van der Waals surface area contributed by atoms with Crippen molar-refractivity contribution in [2.75, 3.05) is 5.32 Å². The topological polar surface area (TPSA) is 122 Å². The van der Waals surface area contributed by atoms with Crippen LogP contribution in [0.4, 0.5) is 23.2 Å². The Balaban J connectivity index is 1.31. The number of alkyl halides is 2. The number of aromatic nitrogens is 4. The van der Waals surface area contributed by atoms with E-state index in [0.29, 0.717) is 12.2 Å². The normalized spacial score (nSPS) is 22.0. The lowest BCUT2D eigenvalue weighted by molar-refractivity contribution is -0.148. The average Bonchev–Trinajstić information content (AvgIpc) is 3.13. The fraction of sp³-hybridized carbons (Fsp3) is 0.375. The molecule has 13 heteroatoms. The molecule has 192 valence electrons. The van der Waals surface area contributed by atoms with Crippen LogP contribution in [0, 0.1) is 24.5 Å². The Hall–Kier alpha value is -4.03. The number of anilines is 1.